The molecule has 5 rings (SSSR count). The zero-order chi connectivity index (χ0) is 28.6. The number of methoxy groups -OCH3 is 3. The Morgan fingerprint density at radius 2 is 1.59 bits per heavy atom. The molecule has 0 spiro atoms. The predicted octanol–water partition coefficient (Wildman–Crippen LogP) is 6.27. The van der Waals surface area contributed by atoms with E-state index in [0.29, 0.717) is 40.6 Å². The van der Waals surface area contributed by atoms with Crippen LogP contribution in [0.3, 0.4) is 0 Å². The topological polar surface area (TPSA) is 91.3 Å². The Kier molecular flexibility index (Phi) is 8.40. The molecule has 0 atom stereocenters. The molecule has 206 valence electrons. The summed E-state index contributed by atoms with van der Waals surface area (Å²) >= 11 is 0. The lowest BCUT2D eigenvalue weighted by molar-refractivity contribution is 0.0956. The molecule has 5 aromatic rings. The second kappa shape index (κ2) is 12.7. The minimum atomic E-state index is -0.347. The first-order valence-corrected chi connectivity index (χ1v) is 12.9. The van der Waals surface area contributed by atoms with Gasteiger partial charge in [0, 0.05) is 16.5 Å². The van der Waals surface area contributed by atoms with Crippen molar-refractivity contribution >= 4 is 23.0 Å². The summed E-state index contributed by atoms with van der Waals surface area (Å²) in [6.07, 6.45) is 1.58. The third-order valence-electron chi connectivity index (χ3n) is 6.46. The standard InChI is InChI=1S/C33H29N3O5/c1-38-25-12-14-26(15-13-25)41-21-24-17-22(11-16-32(24)40-3)20-34-36-33(37)29-19-31(23-7-6-8-27(18-23)39-2)35-30-10-5-4-9-28(29)30/h4-20H,21H2,1-3H3,(H,36,37)/b34-20-. The fourth-order valence-corrected chi connectivity index (χ4v) is 4.34. The molecule has 0 aliphatic carbocycles. The molecule has 0 radical (unpaired) electrons. The number of amides is 1. The van der Waals surface area contributed by atoms with Crippen molar-refractivity contribution in [2.45, 2.75) is 6.61 Å². The monoisotopic (exact) mass is 547 g/mol. The summed E-state index contributed by atoms with van der Waals surface area (Å²) in [5.74, 6) is 2.51. The van der Waals surface area contributed by atoms with Crippen LogP contribution in [0, 0.1) is 0 Å². The molecule has 0 fully saturated rings. The summed E-state index contributed by atoms with van der Waals surface area (Å²) in [5.41, 5.74) is 6.95. The molecule has 1 amide bonds. The van der Waals surface area contributed by atoms with Gasteiger partial charge in [0.25, 0.3) is 5.91 Å². The Labute approximate surface area is 238 Å². The molecule has 0 saturated carbocycles. The van der Waals surface area contributed by atoms with Crippen molar-refractivity contribution in [3.63, 3.8) is 0 Å². The zero-order valence-electron chi connectivity index (χ0n) is 23.0. The van der Waals surface area contributed by atoms with Crippen molar-refractivity contribution in [1.82, 2.24) is 10.4 Å². The molecule has 0 aliphatic rings. The molecule has 4 aromatic carbocycles. The number of carbonyl (C=O) groups excluding carboxylic acids is 1. The van der Waals surface area contributed by atoms with Crippen molar-refractivity contribution in [3.05, 3.63) is 114 Å². The van der Waals surface area contributed by atoms with Gasteiger partial charge in [0.1, 0.15) is 29.6 Å². The number of hydrazone groups is 1. The van der Waals surface area contributed by atoms with Gasteiger partial charge >= 0.3 is 0 Å². The van der Waals surface area contributed by atoms with Gasteiger partial charge in [0.05, 0.1) is 44.3 Å². The zero-order valence-corrected chi connectivity index (χ0v) is 23.0. The number of fused-ring (bicyclic) bond motifs is 1. The van der Waals surface area contributed by atoms with Gasteiger partial charge in [-0.15, -0.1) is 0 Å². The molecule has 1 aromatic heterocycles. The fraction of sp³-hybridized carbons (Fsp3) is 0.121. The lowest BCUT2D eigenvalue weighted by Crippen LogP contribution is -2.18. The molecule has 8 heteroatoms. The lowest BCUT2D eigenvalue weighted by Gasteiger charge is -2.12. The normalized spacial score (nSPS) is 10.9. The maximum atomic E-state index is 13.3. The Morgan fingerprint density at radius 1 is 0.805 bits per heavy atom. The van der Waals surface area contributed by atoms with Crippen LogP contribution >= 0.6 is 0 Å². The van der Waals surface area contributed by atoms with Gasteiger partial charge in [-0.05, 0) is 72.3 Å². The molecule has 0 unspecified atom stereocenters. The van der Waals surface area contributed by atoms with Crippen LogP contribution in [-0.4, -0.2) is 38.4 Å². The summed E-state index contributed by atoms with van der Waals surface area (Å²) in [5, 5.41) is 4.96. The number of nitrogens with zero attached hydrogens (tertiary/aromatic N) is 2. The average Bonchev–Trinajstić information content (AvgIpc) is 3.03. The van der Waals surface area contributed by atoms with E-state index in [0.717, 1.165) is 27.8 Å². The summed E-state index contributed by atoms with van der Waals surface area (Å²) < 4.78 is 22.0. The maximum absolute atomic E-state index is 13.3. The number of carbonyl (C=O) groups is 1. The van der Waals surface area contributed by atoms with Crippen molar-refractivity contribution in [3.8, 4) is 34.3 Å². The Bertz CT molecular complexity index is 1700. The largest absolute Gasteiger partial charge is 0.497 e. The van der Waals surface area contributed by atoms with E-state index in [-0.39, 0.29) is 5.91 Å². The molecule has 0 bridgehead atoms. The van der Waals surface area contributed by atoms with E-state index in [4.69, 9.17) is 23.9 Å². The molecule has 1 heterocycles. The second-order valence-corrected chi connectivity index (χ2v) is 9.04. The van der Waals surface area contributed by atoms with Crippen LogP contribution in [0.2, 0.25) is 0 Å². The van der Waals surface area contributed by atoms with Gasteiger partial charge < -0.3 is 18.9 Å². The molecule has 0 aliphatic heterocycles. The fourth-order valence-electron chi connectivity index (χ4n) is 4.34. The predicted molar refractivity (Wildman–Crippen MR) is 159 cm³/mol. The number of para-hydroxylation sites is 1. The molecular formula is C33H29N3O5. The highest BCUT2D eigenvalue weighted by molar-refractivity contribution is 6.07. The van der Waals surface area contributed by atoms with E-state index in [1.165, 1.54) is 0 Å². The first-order chi connectivity index (χ1) is 20.1. The Morgan fingerprint density at radius 3 is 2.37 bits per heavy atom. The quantitative estimate of drug-likeness (QED) is 0.164. The minimum absolute atomic E-state index is 0.291. The number of hydrogen-bond acceptors (Lipinski definition) is 7. The summed E-state index contributed by atoms with van der Waals surface area (Å²) in [7, 11) is 4.84. The number of pyridine rings is 1. The number of hydrogen-bond donors (Lipinski definition) is 1. The van der Waals surface area contributed by atoms with Crippen LogP contribution in [0.4, 0.5) is 0 Å². The van der Waals surface area contributed by atoms with Crippen molar-refractivity contribution in [1.29, 1.82) is 0 Å². The Hall–Kier alpha value is -5.37. The van der Waals surface area contributed by atoms with E-state index < -0.39 is 0 Å². The first-order valence-electron chi connectivity index (χ1n) is 12.9. The average molecular weight is 548 g/mol. The molecule has 8 nitrogen and oxygen atoms in total. The number of ether oxygens (including phenoxy) is 4. The van der Waals surface area contributed by atoms with Crippen LogP contribution in [0.1, 0.15) is 21.5 Å². The van der Waals surface area contributed by atoms with Gasteiger partial charge in [0.2, 0.25) is 0 Å². The van der Waals surface area contributed by atoms with Crippen LogP contribution in [-0.2, 0) is 6.61 Å². The Balaban J connectivity index is 1.34. The van der Waals surface area contributed by atoms with Gasteiger partial charge in [-0.25, -0.2) is 10.4 Å². The van der Waals surface area contributed by atoms with E-state index in [1.54, 1.807) is 33.6 Å². The van der Waals surface area contributed by atoms with Gasteiger partial charge in [-0.1, -0.05) is 30.3 Å². The highest BCUT2D eigenvalue weighted by Gasteiger charge is 2.14. The lowest BCUT2D eigenvalue weighted by atomic mass is 10.0. The van der Waals surface area contributed by atoms with Crippen LogP contribution < -0.4 is 24.4 Å². The highest BCUT2D eigenvalue weighted by Crippen LogP contribution is 2.27. The second-order valence-electron chi connectivity index (χ2n) is 9.04. The van der Waals surface area contributed by atoms with Gasteiger partial charge in [0.15, 0.2) is 0 Å². The van der Waals surface area contributed by atoms with Crippen molar-refractivity contribution in [2.75, 3.05) is 21.3 Å². The number of aromatic nitrogens is 1. The third-order valence-corrected chi connectivity index (χ3v) is 6.46. The SMILES string of the molecule is COc1ccc(OCc2cc(/C=N\NC(=O)c3cc(-c4cccc(OC)c4)nc4ccccc34)ccc2OC)cc1. The van der Waals surface area contributed by atoms with Crippen LogP contribution in [0.15, 0.2) is 102 Å². The smallest absolute Gasteiger partial charge is 0.272 e. The van der Waals surface area contributed by atoms with Crippen molar-refractivity contribution in [2.24, 2.45) is 5.10 Å². The number of benzene rings is 4. The van der Waals surface area contributed by atoms with E-state index >= 15 is 0 Å². The summed E-state index contributed by atoms with van der Waals surface area (Å²) in [6, 6.07) is 29.8. The maximum Gasteiger partial charge on any atom is 0.272 e. The first kappa shape index (κ1) is 27.2. The van der Waals surface area contributed by atoms with E-state index in [9.17, 15) is 4.79 Å². The van der Waals surface area contributed by atoms with Gasteiger partial charge in [-0.2, -0.15) is 5.10 Å². The van der Waals surface area contributed by atoms with E-state index in [2.05, 4.69) is 10.5 Å². The van der Waals surface area contributed by atoms with E-state index in [1.807, 2.05) is 91.0 Å². The van der Waals surface area contributed by atoms with Crippen LogP contribution in [0.5, 0.6) is 23.0 Å². The third kappa shape index (κ3) is 6.45. The van der Waals surface area contributed by atoms with Crippen molar-refractivity contribution < 1.29 is 23.7 Å². The van der Waals surface area contributed by atoms with Crippen LogP contribution in [0.25, 0.3) is 22.2 Å². The van der Waals surface area contributed by atoms with Gasteiger partial charge in [-0.3, -0.25) is 4.79 Å². The number of nitrogens with one attached hydrogen (secondary N) is 1. The molecule has 1 N–H and O–H groups in total. The molecule has 0 saturated heterocycles. The molecule has 41 heavy (non-hydrogen) atoms. The number of rotatable bonds is 10. The highest BCUT2D eigenvalue weighted by atomic mass is 16.5. The molecular weight excluding hydrogens is 518 g/mol. The summed E-state index contributed by atoms with van der Waals surface area (Å²) in [4.78, 5) is 18.1. The minimum Gasteiger partial charge on any atom is -0.497 e. The summed E-state index contributed by atoms with van der Waals surface area (Å²) in [6.45, 7) is 0.291.